The van der Waals surface area contributed by atoms with E-state index in [0.717, 1.165) is 22.8 Å². The van der Waals surface area contributed by atoms with Crippen LogP contribution in [0.25, 0.3) is 21.9 Å². The Labute approximate surface area is 132 Å². The van der Waals surface area contributed by atoms with Crippen molar-refractivity contribution in [2.45, 2.75) is 38.4 Å². The minimum absolute atomic E-state index is 0.0641. The predicted octanol–water partition coefficient (Wildman–Crippen LogP) is 3.66. The van der Waals surface area contributed by atoms with Crippen molar-refractivity contribution in [2.75, 3.05) is 7.11 Å². The molecule has 3 aromatic rings. The van der Waals surface area contributed by atoms with E-state index in [0.29, 0.717) is 23.3 Å². The smallest absolute Gasteiger partial charge is 0.336 e. The van der Waals surface area contributed by atoms with Crippen molar-refractivity contribution in [3.63, 3.8) is 0 Å². The number of aryl methyl sites for hydroxylation is 1. The Balaban J connectivity index is 1.90. The fraction of sp³-hybridized carbons (Fsp3) is 0.389. The summed E-state index contributed by atoms with van der Waals surface area (Å²) in [7, 11) is 1.60. The highest BCUT2D eigenvalue weighted by Gasteiger charge is 2.47. The summed E-state index contributed by atoms with van der Waals surface area (Å²) in [4.78, 5) is 11.7. The van der Waals surface area contributed by atoms with Gasteiger partial charge >= 0.3 is 5.63 Å². The van der Waals surface area contributed by atoms with Crippen LogP contribution < -0.4 is 10.4 Å². The van der Waals surface area contributed by atoms with E-state index in [1.807, 2.05) is 6.07 Å². The molecule has 23 heavy (non-hydrogen) atoms. The monoisotopic (exact) mass is 314 g/mol. The molecule has 2 aromatic heterocycles. The molecule has 0 saturated carbocycles. The highest BCUT2D eigenvalue weighted by atomic mass is 16.6. The molecule has 1 aromatic carbocycles. The lowest BCUT2D eigenvalue weighted by atomic mass is 9.98. The molecule has 1 aliphatic heterocycles. The Morgan fingerprint density at radius 2 is 1.91 bits per heavy atom. The molecule has 0 radical (unpaired) electrons. The van der Waals surface area contributed by atoms with E-state index in [1.54, 1.807) is 19.4 Å². The van der Waals surface area contributed by atoms with Gasteiger partial charge in [-0.2, -0.15) is 0 Å². The molecule has 120 valence electrons. The lowest BCUT2D eigenvalue weighted by Crippen LogP contribution is -2.05. The Morgan fingerprint density at radius 3 is 2.61 bits per heavy atom. The van der Waals surface area contributed by atoms with Crippen molar-refractivity contribution < 1.29 is 18.3 Å². The van der Waals surface area contributed by atoms with Gasteiger partial charge in [-0.3, -0.25) is 0 Å². The van der Waals surface area contributed by atoms with Gasteiger partial charge < -0.3 is 18.3 Å². The molecule has 1 unspecified atom stereocenters. The van der Waals surface area contributed by atoms with Crippen LogP contribution in [0.4, 0.5) is 0 Å². The fourth-order valence-corrected chi connectivity index (χ4v) is 3.25. The number of benzene rings is 1. The van der Waals surface area contributed by atoms with Crippen LogP contribution >= 0.6 is 0 Å². The number of hydrogen-bond acceptors (Lipinski definition) is 5. The molecule has 0 N–H and O–H groups in total. The second-order valence-corrected chi connectivity index (χ2v) is 6.42. The minimum Gasteiger partial charge on any atom is -0.495 e. The quantitative estimate of drug-likeness (QED) is 0.543. The lowest BCUT2D eigenvalue weighted by molar-refractivity contribution is 0.320. The van der Waals surface area contributed by atoms with Crippen LogP contribution in [0.15, 0.2) is 38.1 Å². The van der Waals surface area contributed by atoms with Crippen LogP contribution in [0.1, 0.15) is 25.8 Å². The van der Waals surface area contributed by atoms with Crippen molar-refractivity contribution in [3.8, 4) is 5.75 Å². The van der Waals surface area contributed by atoms with Crippen LogP contribution in [0, 0.1) is 0 Å². The third-order valence-electron chi connectivity index (χ3n) is 4.56. The van der Waals surface area contributed by atoms with E-state index >= 15 is 0 Å². The van der Waals surface area contributed by atoms with Gasteiger partial charge in [0.05, 0.1) is 35.9 Å². The summed E-state index contributed by atoms with van der Waals surface area (Å²) in [5.74, 6) is 0.666. The van der Waals surface area contributed by atoms with Gasteiger partial charge in [0.1, 0.15) is 16.9 Å². The van der Waals surface area contributed by atoms with Gasteiger partial charge in [0.15, 0.2) is 0 Å². The van der Waals surface area contributed by atoms with Gasteiger partial charge in [0, 0.05) is 11.6 Å². The van der Waals surface area contributed by atoms with E-state index in [4.69, 9.17) is 18.3 Å². The maximum atomic E-state index is 11.7. The second-order valence-electron chi connectivity index (χ2n) is 6.42. The van der Waals surface area contributed by atoms with Crippen LogP contribution in [0.2, 0.25) is 0 Å². The van der Waals surface area contributed by atoms with Gasteiger partial charge in [-0.25, -0.2) is 4.79 Å². The van der Waals surface area contributed by atoms with Crippen LogP contribution in [-0.2, 0) is 11.2 Å². The van der Waals surface area contributed by atoms with E-state index < -0.39 is 0 Å². The first-order valence-electron chi connectivity index (χ1n) is 7.69. The first-order chi connectivity index (χ1) is 11.0. The van der Waals surface area contributed by atoms with E-state index in [2.05, 4.69) is 13.8 Å². The first-order valence-corrected chi connectivity index (χ1v) is 7.69. The molecule has 0 spiro atoms. The van der Waals surface area contributed by atoms with Crippen molar-refractivity contribution in [3.05, 3.63) is 40.4 Å². The van der Waals surface area contributed by atoms with Gasteiger partial charge in [-0.05, 0) is 38.8 Å². The molecule has 5 heteroatoms. The molecular weight excluding hydrogens is 296 g/mol. The highest BCUT2D eigenvalue weighted by Crippen LogP contribution is 2.42. The first kappa shape index (κ1) is 14.3. The van der Waals surface area contributed by atoms with E-state index in [9.17, 15) is 4.79 Å². The number of rotatable bonds is 4. The summed E-state index contributed by atoms with van der Waals surface area (Å²) in [6, 6.07) is 5.03. The van der Waals surface area contributed by atoms with Gasteiger partial charge in [0.2, 0.25) is 0 Å². The predicted molar refractivity (Wildman–Crippen MR) is 86.1 cm³/mol. The number of methoxy groups -OCH3 is 1. The summed E-state index contributed by atoms with van der Waals surface area (Å²) in [6.07, 6.45) is 3.42. The molecule has 0 aliphatic carbocycles. The minimum atomic E-state index is -0.380. The average Bonchev–Trinajstić information content (AvgIpc) is 2.91. The zero-order chi connectivity index (χ0) is 16.2. The molecule has 1 atom stereocenters. The molecule has 3 heterocycles. The van der Waals surface area contributed by atoms with Crippen molar-refractivity contribution in [2.24, 2.45) is 0 Å². The normalized spacial score (nSPS) is 19.3. The summed E-state index contributed by atoms with van der Waals surface area (Å²) in [6.45, 7) is 4.15. The Bertz CT molecular complexity index is 947. The maximum absolute atomic E-state index is 11.7. The largest absolute Gasteiger partial charge is 0.495 e. The Morgan fingerprint density at radius 1 is 1.17 bits per heavy atom. The number of hydrogen-bond donors (Lipinski definition) is 0. The summed E-state index contributed by atoms with van der Waals surface area (Å²) < 4.78 is 22.3. The fourth-order valence-electron chi connectivity index (χ4n) is 3.25. The molecule has 1 fully saturated rings. The summed E-state index contributed by atoms with van der Waals surface area (Å²) >= 11 is 0. The van der Waals surface area contributed by atoms with Crippen LogP contribution in [0.5, 0.6) is 5.75 Å². The van der Waals surface area contributed by atoms with Crippen molar-refractivity contribution >= 4 is 21.9 Å². The number of furan rings is 1. The average molecular weight is 314 g/mol. The maximum Gasteiger partial charge on any atom is 0.336 e. The standard InChI is InChI=1S/C18H18O5/c1-18(2)13(23-18)6-4-11-16-12(8-9-21-16)15(20-3)10-5-7-14(19)22-17(10)11/h5,7-9,13H,4,6H2,1-3H3. The number of epoxide rings is 1. The molecular formula is C18H18O5. The third kappa shape index (κ3) is 2.23. The summed E-state index contributed by atoms with van der Waals surface area (Å²) in [5, 5.41) is 1.67. The van der Waals surface area contributed by atoms with Crippen LogP contribution in [0.3, 0.4) is 0 Å². The topological polar surface area (TPSA) is 65.1 Å². The van der Waals surface area contributed by atoms with Crippen LogP contribution in [-0.4, -0.2) is 18.8 Å². The van der Waals surface area contributed by atoms with E-state index in [1.165, 1.54) is 6.07 Å². The van der Waals surface area contributed by atoms with Gasteiger partial charge in [-0.1, -0.05) is 0 Å². The van der Waals surface area contributed by atoms with Crippen molar-refractivity contribution in [1.29, 1.82) is 0 Å². The van der Waals surface area contributed by atoms with E-state index in [-0.39, 0.29) is 17.3 Å². The van der Waals surface area contributed by atoms with Crippen molar-refractivity contribution in [1.82, 2.24) is 0 Å². The molecule has 1 aliphatic rings. The highest BCUT2D eigenvalue weighted by molar-refractivity contribution is 6.04. The lowest BCUT2D eigenvalue weighted by Gasteiger charge is -2.10. The molecule has 0 amide bonds. The van der Waals surface area contributed by atoms with Gasteiger partial charge in [0.25, 0.3) is 0 Å². The molecule has 1 saturated heterocycles. The SMILES string of the molecule is COc1c2ccoc2c(CCC2OC2(C)C)c2oc(=O)ccc12. The Kier molecular flexibility index (Phi) is 3.03. The van der Waals surface area contributed by atoms with Gasteiger partial charge in [-0.15, -0.1) is 0 Å². The zero-order valence-electron chi connectivity index (χ0n) is 13.3. The Hall–Kier alpha value is -2.27. The number of ether oxygens (including phenoxy) is 2. The molecule has 5 nitrogen and oxygen atoms in total. The zero-order valence-corrected chi connectivity index (χ0v) is 13.3. The second kappa shape index (κ2) is 4.86. The molecule has 4 rings (SSSR count). The summed E-state index contributed by atoms with van der Waals surface area (Å²) in [5.41, 5.74) is 1.70. The number of fused-ring (bicyclic) bond motifs is 2. The molecule has 0 bridgehead atoms. The third-order valence-corrected chi connectivity index (χ3v) is 4.56.